The molecule has 0 bridgehead atoms. The lowest BCUT2D eigenvalue weighted by atomic mass is 9.90. The van der Waals surface area contributed by atoms with E-state index < -0.39 is 17.8 Å². The first-order chi connectivity index (χ1) is 10.9. The standard InChI is InChI=1S/C17H15F3N2O/c1-11-4-6-21-9-15(11)22-7-5-12-2-3-13(17(18,19)20)8-14(12)16(22)10-23/h2-4,6,8-10,16H,5,7H2,1H3. The molecule has 2 heterocycles. The fourth-order valence-electron chi connectivity index (χ4n) is 3.00. The summed E-state index contributed by atoms with van der Waals surface area (Å²) in [6.45, 7) is 2.45. The van der Waals surface area contributed by atoms with Gasteiger partial charge in [-0.15, -0.1) is 0 Å². The van der Waals surface area contributed by atoms with Crippen molar-refractivity contribution in [1.29, 1.82) is 0 Å². The van der Waals surface area contributed by atoms with E-state index in [9.17, 15) is 18.0 Å². The van der Waals surface area contributed by atoms with Crippen molar-refractivity contribution in [2.24, 2.45) is 0 Å². The average molecular weight is 320 g/mol. The van der Waals surface area contributed by atoms with Gasteiger partial charge in [-0.2, -0.15) is 13.2 Å². The molecule has 1 aliphatic heterocycles. The molecule has 1 atom stereocenters. The molecule has 0 radical (unpaired) electrons. The summed E-state index contributed by atoms with van der Waals surface area (Å²) in [5.41, 5.74) is 2.18. The van der Waals surface area contributed by atoms with Gasteiger partial charge in [-0.3, -0.25) is 4.98 Å². The van der Waals surface area contributed by atoms with Gasteiger partial charge in [0.25, 0.3) is 0 Å². The number of nitrogens with zero attached hydrogens (tertiary/aromatic N) is 2. The molecule has 6 heteroatoms. The topological polar surface area (TPSA) is 33.2 Å². The highest BCUT2D eigenvalue weighted by molar-refractivity contribution is 5.72. The Morgan fingerprint density at radius 2 is 2.09 bits per heavy atom. The van der Waals surface area contributed by atoms with Crippen LogP contribution in [0.15, 0.2) is 36.7 Å². The van der Waals surface area contributed by atoms with E-state index in [0.717, 1.165) is 28.9 Å². The summed E-state index contributed by atoms with van der Waals surface area (Å²) in [6.07, 6.45) is 0.157. The van der Waals surface area contributed by atoms with E-state index >= 15 is 0 Å². The number of carbonyl (C=O) groups is 1. The van der Waals surface area contributed by atoms with Gasteiger partial charge in [0.15, 0.2) is 0 Å². The Morgan fingerprint density at radius 3 is 2.74 bits per heavy atom. The quantitative estimate of drug-likeness (QED) is 0.791. The van der Waals surface area contributed by atoms with Crippen LogP contribution >= 0.6 is 0 Å². The molecule has 0 saturated carbocycles. The first kappa shape index (κ1) is 15.5. The van der Waals surface area contributed by atoms with E-state index in [1.165, 1.54) is 6.07 Å². The first-order valence-corrected chi connectivity index (χ1v) is 7.24. The third kappa shape index (κ3) is 2.81. The predicted molar refractivity (Wildman–Crippen MR) is 80.3 cm³/mol. The molecular formula is C17H15F3N2O. The summed E-state index contributed by atoms with van der Waals surface area (Å²) >= 11 is 0. The van der Waals surface area contributed by atoms with E-state index in [0.29, 0.717) is 24.8 Å². The molecule has 3 nitrogen and oxygen atoms in total. The van der Waals surface area contributed by atoms with Crippen LogP contribution in [0.3, 0.4) is 0 Å². The number of hydrogen-bond acceptors (Lipinski definition) is 3. The Balaban J connectivity index is 2.07. The van der Waals surface area contributed by atoms with Crippen molar-refractivity contribution in [2.45, 2.75) is 25.6 Å². The Morgan fingerprint density at radius 1 is 1.30 bits per heavy atom. The van der Waals surface area contributed by atoms with Crippen LogP contribution in [0.2, 0.25) is 0 Å². The fraction of sp³-hybridized carbons (Fsp3) is 0.294. The van der Waals surface area contributed by atoms with Gasteiger partial charge < -0.3 is 9.69 Å². The van der Waals surface area contributed by atoms with Gasteiger partial charge in [-0.25, -0.2) is 0 Å². The monoisotopic (exact) mass is 320 g/mol. The molecule has 0 amide bonds. The van der Waals surface area contributed by atoms with Crippen LogP contribution in [0.25, 0.3) is 0 Å². The second-order valence-electron chi connectivity index (χ2n) is 5.60. The van der Waals surface area contributed by atoms with Crippen LogP contribution in [-0.2, 0) is 17.4 Å². The number of pyridine rings is 1. The lowest BCUT2D eigenvalue weighted by Crippen LogP contribution is -2.37. The van der Waals surface area contributed by atoms with E-state index in [1.54, 1.807) is 12.4 Å². The van der Waals surface area contributed by atoms with Crippen LogP contribution in [0.5, 0.6) is 0 Å². The number of fused-ring (bicyclic) bond motifs is 1. The Bertz CT molecular complexity index is 743. The molecule has 0 N–H and O–H groups in total. The molecule has 120 valence electrons. The highest BCUT2D eigenvalue weighted by Crippen LogP contribution is 2.37. The number of aldehydes is 1. The smallest absolute Gasteiger partial charge is 0.356 e. The number of carbonyl (C=O) groups excluding carboxylic acids is 1. The minimum atomic E-state index is -4.42. The van der Waals surface area contributed by atoms with Gasteiger partial charge in [0.1, 0.15) is 12.3 Å². The molecule has 0 spiro atoms. The number of aryl methyl sites for hydroxylation is 1. The summed E-state index contributed by atoms with van der Waals surface area (Å²) in [7, 11) is 0. The fourth-order valence-corrected chi connectivity index (χ4v) is 3.00. The number of anilines is 1. The summed E-state index contributed by atoms with van der Waals surface area (Å²) < 4.78 is 38.9. The number of aromatic nitrogens is 1. The van der Waals surface area contributed by atoms with E-state index in [-0.39, 0.29) is 0 Å². The van der Waals surface area contributed by atoms with Crippen molar-refractivity contribution < 1.29 is 18.0 Å². The molecule has 1 aromatic carbocycles. The Kier molecular flexibility index (Phi) is 3.83. The molecule has 2 aromatic rings. The third-order valence-corrected chi connectivity index (χ3v) is 4.20. The molecule has 0 saturated heterocycles. The summed E-state index contributed by atoms with van der Waals surface area (Å²) in [4.78, 5) is 17.5. The Hall–Kier alpha value is -2.37. The lowest BCUT2D eigenvalue weighted by molar-refractivity contribution is -0.137. The second kappa shape index (κ2) is 5.68. The number of benzene rings is 1. The van der Waals surface area contributed by atoms with Crippen LogP contribution in [0.4, 0.5) is 18.9 Å². The van der Waals surface area contributed by atoms with Crippen molar-refractivity contribution in [3.05, 3.63) is 58.9 Å². The predicted octanol–water partition coefficient (Wildman–Crippen LogP) is 3.71. The molecule has 23 heavy (non-hydrogen) atoms. The van der Waals surface area contributed by atoms with Gasteiger partial charge >= 0.3 is 6.18 Å². The first-order valence-electron chi connectivity index (χ1n) is 7.24. The van der Waals surface area contributed by atoms with Gasteiger partial charge in [-0.1, -0.05) is 6.07 Å². The minimum absolute atomic E-state index is 0.421. The zero-order chi connectivity index (χ0) is 16.6. The number of hydrogen-bond donors (Lipinski definition) is 0. The maximum atomic E-state index is 13.0. The van der Waals surface area contributed by atoms with Crippen LogP contribution in [0, 0.1) is 6.92 Å². The van der Waals surface area contributed by atoms with Gasteiger partial charge in [0.2, 0.25) is 0 Å². The summed E-state index contributed by atoms with van der Waals surface area (Å²) in [5, 5.41) is 0. The van der Waals surface area contributed by atoms with Crippen molar-refractivity contribution in [2.75, 3.05) is 11.4 Å². The van der Waals surface area contributed by atoms with E-state index in [4.69, 9.17) is 0 Å². The Labute approximate surface area is 131 Å². The molecule has 0 fully saturated rings. The average Bonchev–Trinajstić information content (AvgIpc) is 2.53. The minimum Gasteiger partial charge on any atom is -0.356 e. The maximum absolute atomic E-state index is 13.0. The molecular weight excluding hydrogens is 305 g/mol. The number of rotatable bonds is 2. The number of halogens is 3. The largest absolute Gasteiger partial charge is 0.416 e. The van der Waals surface area contributed by atoms with Crippen LogP contribution in [0.1, 0.15) is 28.3 Å². The maximum Gasteiger partial charge on any atom is 0.416 e. The third-order valence-electron chi connectivity index (χ3n) is 4.20. The number of alkyl halides is 3. The molecule has 1 aromatic heterocycles. The SMILES string of the molecule is Cc1ccncc1N1CCc2ccc(C(F)(F)F)cc2C1C=O. The molecule has 3 rings (SSSR count). The van der Waals surface area contributed by atoms with Crippen molar-refractivity contribution in [3.8, 4) is 0 Å². The van der Waals surface area contributed by atoms with Crippen molar-refractivity contribution in [3.63, 3.8) is 0 Å². The molecule has 1 aliphatic rings. The van der Waals surface area contributed by atoms with Gasteiger partial charge in [0.05, 0.1) is 17.4 Å². The van der Waals surface area contributed by atoms with Crippen LogP contribution < -0.4 is 4.90 Å². The molecule has 0 aliphatic carbocycles. The van der Waals surface area contributed by atoms with Crippen molar-refractivity contribution in [1.82, 2.24) is 4.98 Å². The van der Waals surface area contributed by atoms with E-state index in [2.05, 4.69) is 4.98 Å². The highest BCUT2D eigenvalue weighted by atomic mass is 19.4. The summed E-state index contributed by atoms with van der Waals surface area (Å²) in [5.74, 6) is 0. The second-order valence-corrected chi connectivity index (χ2v) is 5.60. The van der Waals surface area contributed by atoms with Crippen LogP contribution in [-0.4, -0.2) is 17.8 Å². The van der Waals surface area contributed by atoms with Gasteiger partial charge in [0, 0.05) is 12.7 Å². The van der Waals surface area contributed by atoms with Crippen molar-refractivity contribution >= 4 is 12.0 Å². The highest BCUT2D eigenvalue weighted by Gasteiger charge is 2.34. The lowest BCUT2D eigenvalue weighted by Gasteiger charge is -2.37. The molecule has 1 unspecified atom stereocenters. The summed E-state index contributed by atoms with van der Waals surface area (Å²) in [6, 6.07) is 4.72. The van der Waals surface area contributed by atoms with Gasteiger partial charge in [-0.05, 0) is 48.2 Å². The zero-order valence-corrected chi connectivity index (χ0v) is 12.5. The normalized spacial score (nSPS) is 17.7. The zero-order valence-electron chi connectivity index (χ0n) is 12.5. The van der Waals surface area contributed by atoms with E-state index in [1.807, 2.05) is 17.9 Å².